The molecular weight excluding hydrogens is 332 g/mol. The topological polar surface area (TPSA) is 72.7 Å². The van der Waals surface area contributed by atoms with E-state index in [1.165, 1.54) is 14.2 Å². The first-order chi connectivity index (χ1) is 12.6. The first-order valence-electron chi connectivity index (χ1n) is 8.43. The third kappa shape index (κ3) is 2.08. The Morgan fingerprint density at radius 1 is 1.15 bits per heavy atom. The largest absolute Gasteiger partial charge is 0.504 e. The molecule has 0 bridgehead atoms. The minimum absolute atomic E-state index is 0.0109. The first-order valence-corrected chi connectivity index (χ1v) is 8.43. The minimum atomic E-state index is -0.0894. The molecule has 0 unspecified atom stereocenters. The molecule has 6 heteroatoms. The van der Waals surface area contributed by atoms with Crippen molar-refractivity contribution in [3.05, 3.63) is 47.0 Å². The van der Waals surface area contributed by atoms with Crippen molar-refractivity contribution in [2.45, 2.75) is 13.5 Å². The highest BCUT2D eigenvalue weighted by molar-refractivity contribution is 6.22. The summed E-state index contributed by atoms with van der Waals surface area (Å²) in [5.74, 6) is 1.37. The lowest BCUT2D eigenvalue weighted by Crippen LogP contribution is -2.05. The van der Waals surface area contributed by atoms with Crippen LogP contribution >= 0.6 is 0 Å². The standard InChI is InChI=1S/C20H20N2O4/c1-11-13-14(17(24)12-7-5-4-6-8-12)20-21-9-10-22(20)15(13)18(25-2)19(26-3)16(11)23/h4-8,21,23H,9-10H2,1-3H3. The second kappa shape index (κ2) is 5.98. The van der Waals surface area contributed by atoms with Crippen LogP contribution in [0.3, 0.4) is 0 Å². The smallest absolute Gasteiger partial charge is 0.205 e. The molecule has 1 aliphatic heterocycles. The quantitative estimate of drug-likeness (QED) is 0.705. The Morgan fingerprint density at radius 2 is 1.85 bits per heavy atom. The normalized spacial score (nSPS) is 12.7. The number of aromatic nitrogens is 1. The number of carbonyl (C=O) groups is 1. The fourth-order valence-electron chi connectivity index (χ4n) is 3.75. The number of carbonyl (C=O) groups excluding carboxylic acids is 1. The van der Waals surface area contributed by atoms with E-state index in [0.29, 0.717) is 34.4 Å². The van der Waals surface area contributed by atoms with E-state index in [0.717, 1.165) is 17.9 Å². The van der Waals surface area contributed by atoms with Crippen molar-refractivity contribution in [3.8, 4) is 17.2 Å². The van der Waals surface area contributed by atoms with E-state index in [1.54, 1.807) is 19.1 Å². The number of phenols is 1. The molecule has 0 aliphatic carbocycles. The maximum atomic E-state index is 13.3. The maximum Gasteiger partial charge on any atom is 0.205 e. The van der Waals surface area contributed by atoms with Gasteiger partial charge in [0.15, 0.2) is 17.3 Å². The van der Waals surface area contributed by atoms with Crippen molar-refractivity contribution in [1.29, 1.82) is 0 Å². The van der Waals surface area contributed by atoms with Crippen molar-refractivity contribution >= 4 is 22.5 Å². The van der Waals surface area contributed by atoms with E-state index >= 15 is 0 Å². The van der Waals surface area contributed by atoms with Gasteiger partial charge in [0, 0.05) is 29.6 Å². The third-order valence-electron chi connectivity index (χ3n) is 4.93. The minimum Gasteiger partial charge on any atom is -0.504 e. The number of rotatable bonds is 4. The van der Waals surface area contributed by atoms with Crippen LogP contribution in [0.2, 0.25) is 0 Å². The van der Waals surface area contributed by atoms with E-state index in [9.17, 15) is 9.90 Å². The second-order valence-electron chi connectivity index (χ2n) is 6.26. The number of methoxy groups -OCH3 is 2. The van der Waals surface area contributed by atoms with Crippen LogP contribution in [0.15, 0.2) is 30.3 Å². The van der Waals surface area contributed by atoms with E-state index in [1.807, 2.05) is 22.8 Å². The highest BCUT2D eigenvalue weighted by atomic mass is 16.5. The zero-order valence-electron chi connectivity index (χ0n) is 14.9. The monoisotopic (exact) mass is 352 g/mol. The summed E-state index contributed by atoms with van der Waals surface area (Å²) in [6, 6.07) is 9.15. The number of hydrogen-bond acceptors (Lipinski definition) is 5. The second-order valence-corrected chi connectivity index (χ2v) is 6.26. The lowest BCUT2D eigenvalue weighted by atomic mass is 9.98. The Kier molecular flexibility index (Phi) is 3.76. The number of hydrogen-bond donors (Lipinski definition) is 2. The van der Waals surface area contributed by atoms with Gasteiger partial charge < -0.3 is 24.5 Å². The van der Waals surface area contributed by atoms with Gasteiger partial charge in [-0.25, -0.2) is 0 Å². The molecule has 1 aromatic heterocycles. The molecule has 26 heavy (non-hydrogen) atoms. The van der Waals surface area contributed by atoms with Crippen LogP contribution in [0.1, 0.15) is 21.5 Å². The van der Waals surface area contributed by atoms with Crippen molar-refractivity contribution in [2.24, 2.45) is 0 Å². The van der Waals surface area contributed by atoms with Gasteiger partial charge in [0.25, 0.3) is 0 Å². The number of ketones is 1. The molecule has 1 aliphatic rings. The number of aromatic hydroxyl groups is 1. The van der Waals surface area contributed by atoms with Gasteiger partial charge in [-0.15, -0.1) is 0 Å². The Balaban J connectivity index is 2.12. The molecule has 0 saturated carbocycles. The number of benzene rings is 2. The number of ether oxygens (including phenoxy) is 2. The molecule has 0 spiro atoms. The predicted octanol–water partition coefficient (Wildman–Crippen LogP) is 3.33. The van der Waals surface area contributed by atoms with Crippen molar-refractivity contribution in [3.63, 3.8) is 0 Å². The third-order valence-corrected chi connectivity index (χ3v) is 4.93. The van der Waals surface area contributed by atoms with Crippen LogP contribution in [-0.2, 0) is 6.54 Å². The first kappa shape index (κ1) is 16.3. The molecule has 0 radical (unpaired) electrons. The molecule has 3 aromatic rings. The number of fused-ring (bicyclic) bond motifs is 3. The van der Waals surface area contributed by atoms with Crippen molar-refractivity contribution in [2.75, 3.05) is 26.1 Å². The van der Waals surface area contributed by atoms with Crippen LogP contribution in [-0.4, -0.2) is 36.2 Å². The van der Waals surface area contributed by atoms with Gasteiger partial charge in [0.1, 0.15) is 5.82 Å². The highest BCUT2D eigenvalue weighted by Crippen LogP contribution is 2.50. The molecule has 0 amide bonds. The summed E-state index contributed by atoms with van der Waals surface area (Å²) < 4.78 is 13.0. The van der Waals surface area contributed by atoms with Gasteiger partial charge in [-0.05, 0) is 6.92 Å². The molecule has 0 atom stereocenters. The molecule has 0 fully saturated rings. The molecule has 2 N–H and O–H groups in total. The summed E-state index contributed by atoms with van der Waals surface area (Å²) in [6.45, 7) is 3.22. The zero-order valence-corrected chi connectivity index (χ0v) is 14.9. The fraction of sp³-hybridized carbons (Fsp3) is 0.250. The SMILES string of the molecule is COc1c(O)c(C)c2c(C(=O)c3ccccc3)c3n(c2c1OC)CCN3. The van der Waals surface area contributed by atoms with Gasteiger partial charge in [-0.2, -0.15) is 0 Å². The molecular formula is C20H20N2O4. The van der Waals surface area contributed by atoms with Crippen LogP contribution in [0.5, 0.6) is 17.2 Å². The summed E-state index contributed by atoms with van der Waals surface area (Å²) >= 11 is 0. The van der Waals surface area contributed by atoms with Gasteiger partial charge in [0.2, 0.25) is 5.75 Å². The van der Waals surface area contributed by atoms with E-state index in [-0.39, 0.29) is 17.3 Å². The van der Waals surface area contributed by atoms with Crippen LogP contribution in [0.4, 0.5) is 5.82 Å². The summed E-state index contributed by atoms with van der Waals surface area (Å²) in [6.07, 6.45) is 0. The molecule has 134 valence electrons. The number of nitrogens with one attached hydrogen (secondary N) is 1. The zero-order chi connectivity index (χ0) is 18.4. The van der Waals surface area contributed by atoms with Gasteiger partial charge in [0.05, 0.1) is 25.3 Å². The van der Waals surface area contributed by atoms with Gasteiger partial charge in [-0.1, -0.05) is 30.3 Å². The summed E-state index contributed by atoms with van der Waals surface area (Å²) in [5, 5.41) is 14.6. The number of phenolic OH excluding ortho intramolecular Hbond substituents is 1. The molecule has 6 nitrogen and oxygen atoms in total. The van der Waals surface area contributed by atoms with Gasteiger partial charge >= 0.3 is 0 Å². The Labute approximate surface area is 151 Å². The van der Waals surface area contributed by atoms with E-state index in [4.69, 9.17) is 9.47 Å². The number of nitrogens with zero attached hydrogens (tertiary/aromatic N) is 1. The van der Waals surface area contributed by atoms with E-state index < -0.39 is 0 Å². The van der Waals surface area contributed by atoms with Crippen LogP contribution in [0.25, 0.3) is 10.9 Å². The lowest BCUT2D eigenvalue weighted by Gasteiger charge is -2.15. The fourth-order valence-corrected chi connectivity index (χ4v) is 3.75. The molecule has 2 aromatic carbocycles. The Hall–Kier alpha value is -3.15. The number of anilines is 1. The Morgan fingerprint density at radius 3 is 2.50 bits per heavy atom. The van der Waals surface area contributed by atoms with Crippen molar-refractivity contribution in [1.82, 2.24) is 4.57 Å². The van der Waals surface area contributed by atoms with Gasteiger partial charge in [-0.3, -0.25) is 4.79 Å². The molecule has 2 heterocycles. The highest BCUT2D eigenvalue weighted by Gasteiger charge is 2.32. The average Bonchev–Trinajstić information content (AvgIpc) is 3.25. The van der Waals surface area contributed by atoms with Crippen LogP contribution < -0.4 is 14.8 Å². The lowest BCUT2D eigenvalue weighted by molar-refractivity contribution is 0.104. The summed E-state index contributed by atoms with van der Waals surface area (Å²) in [5.41, 5.74) is 2.52. The van der Waals surface area contributed by atoms with Crippen molar-refractivity contribution < 1.29 is 19.4 Å². The Bertz CT molecular complexity index is 1020. The van der Waals surface area contributed by atoms with Crippen LogP contribution in [0, 0.1) is 6.92 Å². The molecule has 4 rings (SSSR count). The maximum absolute atomic E-state index is 13.3. The average molecular weight is 352 g/mol. The molecule has 0 saturated heterocycles. The summed E-state index contributed by atoms with van der Waals surface area (Å²) in [4.78, 5) is 13.3. The van der Waals surface area contributed by atoms with E-state index in [2.05, 4.69) is 5.32 Å². The number of aryl methyl sites for hydroxylation is 1. The summed E-state index contributed by atoms with van der Waals surface area (Å²) in [7, 11) is 3.03. The predicted molar refractivity (Wildman–Crippen MR) is 99.8 cm³/mol.